The molecule has 0 aliphatic heterocycles. The lowest BCUT2D eigenvalue weighted by Gasteiger charge is -2.16. The summed E-state index contributed by atoms with van der Waals surface area (Å²) < 4.78 is 7.24. The predicted octanol–water partition coefficient (Wildman–Crippen LogP) is 3.03. The van der Waals surface area contributed by atoms with Gasteiger partial charge in [-0.3, -0.25) is 4.79 Å². The summed E-state index contributed by atoms with van der Waals surface area (Å²) in [4.78, 5) is 12.4. The number of benzene rings is 2. The van der Waals surface area contributed by atoms with Gasteiger partial charge in [-0.1, -0.05) is 23.7 Å². The minimum absolute atomic E-state index is 0.266. The predicted molar refractivity (Wildman–Crippen MR) is 94.1 cm³/mol. The number of halogens is 1. The second-order valence-corrected chi connectivity index (χ2v) is 5.82. The highest BCUT2D eigenvalue weighted by Crippen LogP contribution is 2.23. The van der Waals surface area contributed by atoms with Gasteiger partial charge in [0.2, 0.25) is 0 Å². The fourth-order valence-corrected chi connectivity index (χ4v) is 2.39. The van der Waals surface area contributed by atoms with E-state index in [-0.39, 0.29) is 5.91 Å². The lowest BCUT2D eigenvalue weighted by molar-refractivity contribution is -0.122. The summed E-state index contributed by atoms with van der Waals surface area (Å²) >= 11 is 6.07. The summed E-state index contributed by atoms with van der Waals surface area (Å²) in [6.07, 6.45) is 0.791. The molecule has 2 aromatic carbocycles. The molecule has 3 rings (SSSR count). The molecule has 25 heavy (non-hydrogen) atoms. The Hall–Kier alpha value is -2.93. The van der Waals surface area contributed by atoms with Crippen molar-refractivity contribution in [2.75, 3.05) is 5.32 Å². The van der Waals surface area contributed by atoms with Crippen molar-refractivity contribution >= 4 is 23.2 Å². The van der Waals surface area contributed by atoms with Gasteiger partial charge in [-0.15, -0.1) is 5.10 Å². The molecule has 8 heteroatoms. The Bertz CT molecular complexity index is 883. The fourth-order valence-electron chi connectivity index (χ4n) is 2.21. The molecule has 0 aliphatic carbocycles. The van der Waals surface area contributed by atoms with Crippen molar-refractivity contribution in [1.82, 2.24) is 20.2 Å². The number of amides is 1. The molecule has 1 aromatic heterocycles. The Morgan fingerprint density at radius 3 is 2.84 bits per heavy atom. The molecule has 0 spiro atoms. The molecule has 7 nitrogen and oxygen atoms in total. The van der Waals surface area contributed by atoms with Crippen LogP contribution < -0.4 is 10.1 Å². The van der Waals surface area contributed by atoms with E-state index < -0.39 is 6.10 Å². The first-order valence-electron chi connectivity index (χ1n) is 7.60. The summed E-state index contributed by atoms with van der Waals surface area (Å²) in [6, 6.07) is 12.5. The monoisotopic (exact) mass is 357 g/mol. The molecule has 1 atom stereocenters. The maximum absolute atomic E-state index is 12.4. The number of carbonyl (C=O) groups is 1. The maximum Gasteiger partial charge on any atom is 0.265 e. The van der Waals surface area contributed by atoms with Gasteiger partial charge in [-0.2, -0.15) is 0 Å². The van der Waals surface area contributed by atoms with E-state index in [0.29, 0.717) is 16.5 Å². The molecule has 0 saturated heterocycles. The van der Waals surface area contributed by atoms with Crippen LogP contribution in [0.3, 0.4) is 0 Å². The van der Waals surface area contributed by atoms with E-state index in [4.69, 9.17) is 16.3 Å². The second kappa shape index (κ2) is 7.31. The number of tetrazole rings is 1. The second-order valence-electron chi connectivity index (χ2n) is 5.41. The normalized spacial score (nSPS) is 11.8. The van der Waals surface area contributed by atoms with Crippen LogP contribution in [-0.4, -0.2) is 32.2 Å². The smallest absolute Gasteiger partial charge is 0.265 e. The van der Waals surface area contributed by atoms with Gasteiger partial charge in [0, 0.05) is 16.8 Å². The molecule has 1 heterocycles. The Morgan fingerprint density at radius 2 is 2.08 bits per heavy atom. The quantitative estimate of drug-likeness (QED) is 0.759. The highest BCUT2D eigenvalue weighted by molar-refractivity contribution is 6.31. The number of hydrogen-bond acceptors (Lipinski definition) is 5. The molecular formula is C17H16ClN5O2. The number of carbonyl (C=O) groups excluding carboxylic acids is 1. The van der Waals surface area contributed by atoms with Gasteiger partial charge < -0.3 is 10.1 Å². The minimum atomic E-state index is -0.692. The lowest BCUT2D eigenvalue weighted by Crippen LogP contribution is -2.30. The third kappa shape index (κ3) is 3.95. The largest absolute Gasteiger partial charge is 0.481 e. The van der Waals surface area contributed by atoms with Crippen LogP contribution in [0.1, 0.15) is 12.5 Å². The summed E-state index contributed by atoms with van der Waals surface area (Å²) in [7, 11) is 0. The van der Waals surface area contributed by atoms with Crippen molar-refractivity contribution < 1.29 is 9.53 Å². The number of anilines is 1. The number of nitrogens with one attached hydrogen (secondary N) is 1. The molecule has 0 radical (unpaired) electrons. The number of hydrogen-bond donors (Lipinski definition) is 1. The first-order chi connectivity index (χ1) is 12.0. The zero-order chi connectivity index (χ0) is 17.8. The Kier molecular flexibility index (Phi) is 4.95. The number of aromatic nitrogens is 4. The zero-order valence-corrected chi connectivity index (χ0v) is 14.4. The Balaban J connectivity index is 1.69. The van der Waals surface area contributed by atoms with Gasteiger partial charge in [-0.25, -0.2) is 4.68 Å². The van der Waals surface area contributed by atoms with Crippen molar-refractivity contribution in [3.8, 4) is 11.4 Å². The summed E-state index contributed by atoms with van der Waals surface area (Å²) in [5.41, 5.74) is 2.21. The van der Waals surface area contributed by atoms with Crippen LogP contribution in [0.4, 0.5) is 5.69 Å². The first kappa shape index (κ1) is 16.9. The van der Waals surface area contributed by atoms with Gasteiger partial charge >= 0.3 is 0 Å². The third-order valence-electron chi connectivity index (χ3n) is 3.64. The molecular weight excluding hydrogens is 342 g/mol. The van der Waals surface area contributed by atoms with Crippen molar-refractivity contribution in [2.45, 2.75) is 20.0 Å². The minimum Gasteiger partial charge on any atom is -0.481 e. The van der Waals surface area contributed by atoms with Crippen LogP contribution in [0.2, 0.25) is 5.02 Å². The van der Waals surface area contributed by atoms with Crippen LogP contribution in [-0.2, 0) is 4.79 Å². The van der Waals surface area contributed by atoms with E-state index in [0.717, 1.165) is 11.3 Å². The average Bonchev–Trinajstić information content (AvgIpc) is 3.14. The summed E-state index contributed by atoms with van der Waals surface area (Å²) in [6.45, 7) is 3.53. The van der Waals surface area contributed by atoms with Crippen LogP contribution in [0.15, 0.2) is 48.8 Å². The van der Waals surface area contributed by atoms with E-state index >= 15 is 0 Å². The van der Waals surface area contributed by atoms with E-state index in [1.165, 1.54) is 11.0 Å². The van der Waals surface area contributed by atoms with Gasteiger partial charge in [0.05, 0.1) is 5.69 Å². The number of ether oxygens (including phenoxy) is 1. The highest BCUT2D eigenvalue weighted by atomic mass is 35.5. The van der Waals surface area contributed by atoms with Crippen molar-refractivity contribution in [3.63, 3.8) is 0 Å². The van der Waals surface area contributed by atoms with Gasteiger partial charge in [0.15, 0.2) is 6.10 Å². The van der Waals surface area contributed by atoms with Crippen LogP contribution in [0, 0.1) is 6.92 Å². The van der Waals surface area contributed by atoms with Crippen LogP contribution >= 0.6 is 11.6 Å². The molecule has 0 aliphatic rings. The van der Waals surface area contributed by atoms with Crippen LogP contribution in [0.5, 0.6) is 5.75 Å². The molecule has 0 unspecified atom stereocenters. The van der Waals surface area contributed by atoms with Crippen molar-refractivity contribution in [1.29, 1.82) is 0 Å². The van der Waals surface area contributed by atoms with Gasteiger partial charge in [-0.05, 0) is 54.1 Å². The molecule has 3 aromatic rings. The lowest BCUT2D eigenvalue weighted by atomic mass is 10.2. The van der Waals surface area contributed by atoms with Crippen LogP contribution in [0.25, 0.3) is 5.69 Å². The molecule has 128 valence electrons. The maximum atomic E-state index is 12.4. The van der Waals surface area contributed by atoms with E-state index in [1.807, 2.05) is 13.0 Å². The number of nitrogens with zero attached hydrogens (tertiary/aromatic N) is 4. The molecule has 1 amide bonds. The highest BCUT2D eigenvalue weighted by Gasteiger charge is 2.16. The molecule has 0 bridgehead atoms. The number of rotatable bonds is 5. The standard InChI is InChI=1S/C17H16ClN5O2/c1-11-15(18)7-4-8-16(11)20-17(24)12(2)25-14-6-3-5-13(9-14)23-10-19-21-22-23/h3-10,12H,1-2H3,(H,20,24)/t12-/m1/s1. The van der Waals surface area contributed by atoms with Gasteiger partial charge in [0.1, 0.15) is 12.1 Å². The SMILES string of the molecule is Cc1c(Cl)cccc1NC(=O)[C@@H](C)Oc1cccc(-n2cnnn2)c1. The van der Waals surface area contributed by atoms with E-state index in [1.54, 1.807) is 43.3 Å². The summed E-state index contributed by atoms with van der Waals surface area (Å²) in [5.74, 6) is 0.275. The summed E-state index contributed by atoms with van der Waals surface area (Å²) in [5, 5.41) is 14.4. The van der Waals surface area contributed by atoms with Gasteiger partial charge in [0.25, 0.3) is 5.91 Å². The molecule has 1 N–H and O–H groups in total. The van der Waals surface area contributed by atoms with Crippen molar-refractivity contribution in [2.24, 2.45) is 0 Å². The average molecular weight is 358 g/mol. The van der Waals surface area contributed by atoms with E-state index in [9.17, 15) is 4.79 Å². The van der Waals surface area contributed by atoms with E-state index in [2.05, 4.69) is 20.8 Å². The Labute approximate surface area is 149 Å². The van der Waals surface area contributed by atoms with Crippen molar-refractivity contribution in [3.05, 3.63) is 59.4 Å². The third-order valence-corrected chi connectivity index (χ3v) is 4.05. The molecule has 0 saturated carbocycles. The Morgan fingerprint density at radius 1 is 1.28 bits per heavy atom. The fraction of sp³-hybridized carbons (Fsp3) is 0.176. The topological polar surface area (TPSA) is 81.9 Å². The molecule has 0 fully saturated rings. The zero-order valence-electron chi connectivity index (χ0n) is 13.7. The first-order valence-corrected chi connectivity index (χ1v) is 7.98.